The fourth-order valence-corrected chi connectivity index (χ4v) is 2.63. The van der Waals surface area contributed by atoms with E-state index in [0.29, 0.717) is 17.1 Å². The highest BCUT2D eigenvalue weighted by atomic mass is 16.5. The molecule has 1 N–H and O–H groups in total. The number of carbonyl (C=O) groups excluding carboxylic acids is 2. The van der Waals surface area contributed by atoms with E-state index in [4.69, 9.17) is 9.15 Å². The summed E-state index contributed by atoms with van der Waals surface area (Å²) in [5, 5.41) is 10.6. The Morgan fingerprint density at radius 2 is 1.91 bits per heavy atom. The average Bonchev–Trinajstić information content (AvgIpc) is 3.17. The first kappa shape index (κ1) is 14.9. The third-order valence-corrected chi connectivity index (χ3v) is 3.85. The van der Waals surface area contributed by atoms with E-state index in [1.54, 1.807) is 36.4 Å². The SMILES string of the molecule is COc1ccc(C(O)=C2C(=O)C(=O)N(C)[C@H]2c2ccco2)cc1. The summed E-state index contributed by atoms with van der Waals surface area (Å²) < 4.78 is 10.4. The van der Waals surface area contributed by atoms with Crippen molar-refractivity contribution in [3.05, 3.63) is 59.6 Å². The summed E-state index contributed by atoms with van der Waals surface area (Å²) >= 11 is 0. The van der Waals surface area contributed by atoms with Crippen LogP contribution in [0, 0.1) is 0 Å². The number of furan rings is 1. The molecule has 0 spiro atoms. The number of nitrogens with zero attached hydrogens (tertiary/aromatic N) is 1. The fourth-order valence-electron chi connectivity index (χ4n) is 2.63. The molecular formula is C17H15NO5. The van der Waals surface area contributed by atoms with Crippen molar-refractivity contribution >= 4 is 17.4 Å². The summed E-state index contributed by atoms with van der Waals surface area (Å²) in [6, 6.07) is 9.16. The maximum absolute atomic E-state index is 12.3. The number of aliphatic hydroxyl groups is 1. The molecule has 1 aliphatic rings. The average molecular weight is 313 g/mol. The molecule has 1 saturated heterocycles. The number of methoxy groups -OCH3 is 1. The molecule has 1 fully saturated rings. The fraction of sp³-hybridized carbons (Fsp3) is 0.176. The Balaban J connectivity index is 2.12. The van der Waals surface area contributed by atoms with Gasteiger partial charge in [-0.2, -0.15) is 0 Å². The Morgan fingerprint density at radius 1 is 1.22 bits per heavy atom. The highest BCUT2D eigenvalue weighted by Crippen LogP contribution is 2.38. The number of ketones is 1. The molecule has 0 unspecified atom stereocenters. The molecule has 0 radical (unpaired) electrons. The lowest BCUT2D eigenvalue weighted by Crippen LogP contribution is -2.24. The first-order valence-corrected chi connectivity index (χ1v) is 6.97. The zero-order valence-electron chi connectivity index (χ0n) is 12.6. The number of likely N-dealkylation sites (tertiary alicyclic amines) is 1. The molecule has 1 amide bonds. The van der Waals surface area contributed by atoms with Crippen LogP contribution in [0.15, 0.2) is 52.7 Å². The predicted molar refractivity (Wildman–Crippen MR) is 81.8 cm³/mol. The minimum Gasteiger partial charge on any atom is -0.507 e. The predicted octanol–water partition coefficient (Wildman–Crippen LogP) is 2.34. The molecule has 0 saturated carbocycles. The zero-order chi connectivity index (χ0) is 16.6. The smallest absolute Gasteiger partial charge is 0.295 e. The van der Waals surface area contributed by atoms with Gasteiger partial charge in [0, 0.05) is 12.6 Å². The van der Waals surface area contributed by atoms with Crippen LogP contribution in [0.3, 0.4) is 0 Å². The summed E-state index contributed by atoms with van der Waals surface area (Å²) in [5.41, 5.74) is 0.437. The normalized spacial score (nSPS) is 20.1. The number of benzene rings is 1. The lowest BCUT2D eigenvalue weighted by Gasteiger charge is -2.18. The van der Waals surface area contributed by atoms with Gasteiger partial charge in [-0.25, -0.2) is 0 Å². The Kier molecular flexibility index (Phi) is 3.65. The second-order valence-electron chi connectivity index (χ2n) is 5.15. The number of ether oxygens (including phenoxy) is 1. The molecule has 6 heteroatoms. The summed E-state index contributed by atoms with van der Waals surface area (Å²) in [5.74, 6) is -0.609. The molecule has 0 aliphatic carbocycles. The van der Waals surface area contributed by atoms with Crippen molar-refractivity contribution in [1.29, 1.82) is 0 Å². The maximum atomic E-state index is 12.3. The third kappa shape index (κ3) is 2.38. The van der Waals surface area contributed by atoms with Crippen molar-refractivity contribution in [3.8, 4) is 5.75 Å². The molecule has 2 heterocycles. The molecule has 1 aliphatic heterocycles. The standard InChI is InChI=1S/C17H15NO5/c1-18-14(12-4-3-9-23-12)13(16(20)17(18)21)15(19)10-5-7-11(22-2)8-6-10/h3-9,14,19H,1-2H3/t14-/m0/s1. The molecule has 1 atom stereocenters. The van der Waals surface area contributed by atoms with Crippen molar-refractivity contribution in [2.45, 2.75) is 6.04 Å². The summed E-state index contributed by atoms with van der Waals surface area (Å²) in [4.78, 5) is 25.6. The van der Waals surface area contributed by atoms with E-state index in [-0.39, 0.29) is 11.3 Å². The van der Waals surface area contributed by atoms with Crippen LogP contribution in [-0.4, -0.2) is 35.9 Å². The molecule has 0 bridgehead atoms. The first-order valence-electron chi connectivity index (χ1n) is 6.97. The largest absolute Gasteiger partial charge is 0.507 e. The number of hydrogen-bond acceptors (Lipinski definition) is 5. The monoisotopic (exact) mass is 313 g/mol. The highest BCUT2D eigenvalue weighted by Gasteiger charge is 2.45. The van der Waals surface area contributed by atoms with Gasteiger partial charge in [0.15, 0.2) is 0 Å². The molecule has 23 heavy (non-hydrogen) atoms. The van der Waals surface area contributed by atoms with Crippen LogP contribution in [0.4, 0.5) is 0 Å². The molecule has 1 aromatic carbocycles. The van der Waals surface area contributed by atoms with Gasteiger partial charge in [-0.05, 0) is 36.4 Å². The number of likely N-dealkylation sites (N-methyl/N-ethyl adjacent to an activating group) is 1. The van der Waals surface area contributed by atoms with Gasteiger partial charge < -0.3 is 19.2 Å². The van der Waals surface area contributed by atoms with E-state index in [1.165, 1.54) is 25.3 Å². The molecule has 1 aromatic heterocycles. The number of hydrogen-bond donors (Lipinski definition) is 1. The second kappa shape index (κ2) is 5.64. The second-order valence-corrected chi connectivity index (χ2v) is 5.15. The molecule has 6 nitrogen and oxygen atoms in total. The van der Waals surface area contributed by atoms with Gasteiger partial charge in [0.25, 0.3) is 11.7 Å². The van der Waals surface area contributed by atoms with Crippen molar-refractivity contribution in [2.75, 3.05) is 14.2 Å². The van der Waals surface area contributed by atoms with Crippen LogP contribution < -0.4 is 4.74 Å². The highest BCUT2D eigenvalue weighted by molar-refractivity contribution is 6.46. The Bertz CT molecular complexity index is 774. The van der Waals surface area contributed by atoms with Crippen LogP contribution in [0.25, 0.3) is 5.76 Å². The van der Waals surface area contributed by atoms with Gasteiger partial charge in [-0.3, -0.25) is 9.59 Å². The van der Waals surface area contributed by atoms with Gasteiger partial charge in [-0.1, -0.05) is 0 Å². The van der Waals surface area contributed by atoms with Crippen LogP contribution in [0.1, 0.15) is 17.4 Å². The third-order valence-electron chi connectivity index (χ3n) is 3.85. The lowest BCUT2D eigenvalue weighted by molar-refractivity contribution is -0.139. The first-order chi connectivity index (χ1) is 11.0. The van der Waals surface area contributed by atoms with Gasteiger partial charge in [0.05, 0.1) is 18.9 Å². The van der Waals surface area contributed by atoms with E-state index in [2.05, 4.69) is 0 Å². The number of aliphatic hydroxyl groups excluding tert-OH is 1. The Morgan fingerprint density at radius 3 is 2.48 bits per heavy atom. The van der Waals surface area contributed by atoms with Crippen molar-refractivity contribution in [3.63, 3.8) is 0 Å². The molecule has 118 valence electrons. The minimum atomic E-state index is -0.743. The van der Waals surface area contributed by atoms with Crippen LogP contribution in [-0.2, 0) is 9.59 Å². The summed E-state index contributed by atoms with van der Waals surface area (Å²) in [7, 11) is 3.04. The van der Waals surface area contributed by atoms with Crippen LogP contribution >= 0.6 is 0 Å². The van der Waals surface area contributed by atoms with Gasteiger partial charge in [0.1, 0.15) is 23.3 Å². The van der Waals surface area contributed by atoms with E-state index >= 15 is 0 Å². The summed E-state index contributed by atoms with van der Waals surface area (Å²) in [6.45, 7) is 0. The van der Waals surface area contributed by atoms with Gasteiger partial charge in [0.2, 0.25) is 0 Å². The molecular weight excluding hydrogens is 298 g/mol. The Hall–Kier alpha value is -3.02. The van der Waals surface area contributed by atoms with Crippen molar-refractivity contribution in [2.24, 2.45) is 0 Å². The van der Waals surface area contributed by atoms with E-state index < -0.39 is 17.7 Å². The lowest BCUT2D eigenvalue weighted by atomic mass is 9.99. The van der Waals surface area contributed by atoms with E-state index in [0.717, 1.165) is 0 Å². The number of carbonyl (C=O) groups is 2. The van der Waals surface area contributed by atoms with E-state index in [9.17, 15) is 14.7 Å². The summed E-state index contributed by atoms with van der Waals surface area (Å²) in [6.07, 6.45) is 1.46. The Labute approximate surface area is 132 Å². The number of rotatable bonds is 3. The van der Waals surface area contributed by atoms with Crippen molar-refractivity contribution in [1.82, 2.24) is 4.90 Å². The zero-order valence-corrected chi connectivity index (χ0v) is 12.6. The maximum Gasteiger partial charge on any atom is 0.295 e. The quantitative estimate of drug-likeness (QED) is 0.534. The van der Waals surface area contributed by atoms with Crippen molar-refractivity contribution < 1.29 is 23.8 Å². The van der Waals surface area contributed by atoms with Gasteiger partial charge >= 0.3 is 0 Å². The minimum absolute atomic E-state index is 0.0117. The number of Topliss-reactive ketones (excluding diaryl/α,β-unsaturated/α-hetero) is 1. The molecule has 2 aromatic rings. The van der Waals surface area contributed by atoms with Crippen LogP contribution in [0.2, 0.25) is 0 Å². The topological polar surface area (TPSA) is 80.0 Å². The van der Waals surface area contributed by atoms with E-state index in [1.807, 2.05) is 0 Å². The van der Waals surface area contributed by atoms with Gasteiger partial charge in [-0.15, -0.1) is 0 Å². The van der Waals surface area contributed by atoms with Crippen LogP contribution in [0.5, 0.6) is 5.75 Å². The molecule has 3 rings (SSSR count). The number of amides is 1.